The van der Waals surface area contributed by atoms with Crippen LogP contribution in [0.3, 0.4) is 0 Å². The number of hydrogen-bond acceptors (Lipinski definition) is 2. The van der Waals surface area contributed by atoms with Crippen LogP contribution in [0.1, 0.15) is 0 Å². The van der Waals surface area contributed by atoms with Crippen LogP contribution in [0.5, 0.6) is 0 Å². The van der Waals surface area contributed by atoms with Crippen LogP contribution >= 0.6 is 0 Å². The molecule has 11 heavy (non-hydrogen) atoms. The van der Waals surface area contributed by atoms with Gasteiger partial charge in [-0.15, -0.1) is 0 Å². The first-order chi connectivity index (χ1) is 4.81. The Labute approximate surface area is 97.9 Å². The Kier molecular flexibility index (Phi) is 14.6. The molecule has 0 bridgehead atoms. The SMILES string of the molecule is [CH2-]COCCNC(=O)[CH2][Hg].[W]. The molecule has 0 radical (unpaired) electrons. The van der Waals surface area contributed by atoms with Gasteiger partial charge in [0.2, 0.25) is 0 Å². The van der Waals surface area contributed by atoms with E-state index in [1.807, 2.05) is 0 Å². The predicted molar refractivity (Wildman–Crippen MR) is 34.0 cm³/mol. The predicted octanol–water partition coefficient (Wildman–Crippen LogP) is -0.0841. The summed E-state index contributed by atoms with van der Waals surface area (Å²) >= 11 is 0.571. The second-order valence-electron chi connectivity index (χ2n) is 1.71. The number of carbonyl (C=O) groups excluding carboxylic acids is 1. The second kappa shape index (κ2) is 11.1. The van der Waals surface area contributed by atoms with Crippen LogP contribution in [0.2, 0.25) is 3.93 Å². The molecular weight excluding hydrogens is 503 g/mol. The van der Waals surface area contributed by atoms with Crippen molar-refractivity contribution >= 4 is 5.91 Å². The van der Waals surface area contributed by atoms with E-state index in [-0.39, 0.29) is 27.0 Å². The fourth-order valence-corrected chi connectivity index (χ4v) is 1.14. The van der Waals surface area contributed by atoms with Gasteiger partial charge in [0.05, 0.1) is 0 Å². The number of nitrogens with one attached hydrogen (secondary N) is 1. The molecule has 0 fully saturated rings. The van der Waals surface area contributed by atoms with Gasteiger partial charge in [-0.05, 0) is 0 Å². The van der Waals surface area contributed by atoms with Crippen LogP contribution in [0, 0.1) is 6.92 Å². The van der Waals surface area contributed by atoms with Crippen LogP contribution in [0.15, 0.2) is 0 Å². The van der Waals surface area contributed by atoms with Crippen molar-refractivity contribution in [3.05, 3.63) is 6.92 Å². The number of ether oxygens (including phenoxy) is 1. The van der Waals surface area contributed by atoms with Gasteiger partial charge in [0.1, 0.15) is 0 Å². The van der Waals surface area contributed by atoms with E-state index in [2.05, 4.69) is 12.2 Å². The molecule has 1 N–H and O–H groups in total. The zero-order valence-corrected chi connectivity index (χ0v) is 14.9. The summed E-state index contributed by atoms with van der Waals surface area (Å²) in [7, 11) is 0. The summed E-state index contributed by atoms with van der Waals surface area (Å²) in [5, 5.41) is 2.72. The molecule has 0 aliphatic rings. The first kappa shape index (κ1) is 14.6. The van der Waals surface area contributed by atoms with Gasteiger partial charge in [-0.2, -0.15) is 0 Å². The van der Waals surface area contributed by atoms with Crippen molar-refractivity contribution in [2.45, 2.75) is 3.93 Å². The molecule has 0 unspecified atom stereocenters. The standard InChI is InChI=1S/C6H11NO2.Hg.W/c1-3-9-5-4-7-6(2)8;;/h1-5H2,(H,7,8);;/q-1;;. The summed E-state index contributed by atoms with van der Waals surface area (Å²) in [6.07, 6.45) is 0. The van der Waals surface area contributed by atoms with Gasteiger partial charge in [-0.1, -0.05) is 0 Å². The van der Waals surface area contributed by atoms with E-state index >= 15 is 0 Å². The number of carbonyl (C=O) groups is 1. The molecule has 0 aromatic heterocycles. The van der Waals surface area contributed by atoms with Crippen LogP contribution in [-0.4, -0.2) is 25.7 Å². The normalized spacial score (nSPS) is 8.64. The zero-order chi connectivity index (χ0) is 7.82. The smallest absolute Gasteiger partial charge is 0 e. The van der Waals surface area contributed by atoms with Crippen LogP contribution in [0.25, 0.3) is 0 Å². The largest absolute Gasteiger partial charge is 0 e. The molecule has 0 aromatic rings. The van der Waals surface area contributed by atoms with Gasteiger partial charge >= 0.3 is 77.5 Å². The summed E-state index contributed by atoms with van der Waals surface area (Å²) < 4.78 is 5.64. The molecule has 1 amide bonds. The van der Waals surface area contributed by atoms with E-state index < -0.39 is 0 Å². The third-order valence-corrected chi connectivity index (χ3v) is 2.71. The Bertz CT molecular complexity index is 103. The monoisotopic (exact) mass is 515 g/mol. The molecule has 0 aliphatic heterocycles. The Morgan fingerprint density at radius 2 is 2.27 bits per heavy atom. The van der Waals surface area contributed by atoms with E-state index in [1.165, 1.54) is 0 Å². The molecule has 0 heterocycles. The Hall–Kier alpha value is 1.05. The maximum absolute atomic E-state index is 10.6. The van der Waals surface area contributed by atoms with Gasteiger partial charge in [0.15, 0.2) is 0 Å². The summed E-state index contributed by atoms with van der Waals surface area (Å²) in [6.45, 7) is 5.16. The topological polar surface area (TPSA) is 38.3 Å². The summed E-state index contributed by atoms with van der Waals surface area (Å²) in [6, 6.07) is 0. The Morgan fingerprint density at radius 3 is 2.73 bits per heavy atom. The van der Waals surface area contributed by atoms with Gasteiger partial charge < -0.3 is 0 Å². The van der Waals surface area contributed by atoms with Gasteiger partial charge in [-0.25, -0.2) is 0 Å². The fraction of sp³-hybridized carbons (Fsp3) is 0.667. The first-order valence-corrected chi connectivity index (χ1v) is 7.13. The molecule has 5 heteroatoms. The van der Waals surface area contributed by atoms with Crippen LogP contribution in [-0.2, 0) is 56.7 Å². The number of amides is 1. The van der Waals surface area contributed by atoms with Crippen molar-refractivity contribution in [1.29, 1.82) is 0 Å². The summed E-state index contributed by atoms with van der Waals surface area (Å²) in [5.41, 5.74) is 0. The van der Waals surface area contributed by atoms with Crippen LogP contribution in [0.4, 0.5) is 0 Å². The minimum atomic E-state index is 0. The molecule has 0 saturated carbocycles. The maximum Gasteiger partial charge on any atom is 0 e. The van der Waals surface area contributed by atoms with Crippen molar-refractivity contribution < 1.29 is 56.7 Å². The average Bonchev–Trinajstić information content (AvgIpc) is 1.98. The maximum atomic E-state index is 10.6. The third kappa shape index (κ3) is 11.1. The third-order valence-electron chi connectivity index (χ3n) is 0.940. The van der Waals surface area contributed by atoms with E-state index in [0.29, 0.717) is 45.9 Å². The first-order valence-electron chi connectivity index (χ1n) is 3.24. The van der Waals surface area contributed by atoms with Gasteiger partial charge in [0, 0.05) is 21.1 Å². The summed E-state index contributed by atoms with van der Waals surface area (Å²) in [4.78, 5) is 10.6. The van der Waals surface area contributed by atoms with Crippen molar-refractivity contribution in [2.75, 3.05) is 19.8 Å². The molecule has 0 spiro atoms. The zero-order valence-electron chi connectivity index (χ0n) is 6.47. The average molecular weight is 514 g/mol. The number of hydrogen-bond donors (Lipinski definition) is 1. The summed E-state index contributed by atoms with van der Waals surface area (Å²) in [5.74, 6) is 0.149. The Balaban J connectivity index is 0. The van der Waals surface area contributed by atoms with E-state index in [9.17, 15) is 4.79 Å². The molecule has 0 atom stereocenters. The van der Waals surface area contributed by atoms with E-state index in [0.717, 1.165) is 3.93 Å². The minimum Gasteiger partial charge on any atom is 0 e. The van der Waals surface area contributed by atoms with Crippen LogP contribution < -0.4 is 5.32 Å². The van der Waals surface area contributed by atoms with E-state index in [1.54, 1.807) is 0 Å². The van der Waals surface area contributed by atoms with Crippen molar-refractivity contribution in [3.8, 4) is 0 Å². The van der Waals surface area contributed by atoms with E-state index in [4.69, 9.17) is 4.74 Å². The number of rotatable bonds is 5. The molecular formula is C6H11HgNO2W-. The Morgan fingerprint density at radius 1 is 1.64 bits per heavy atom. The fourth-order valence-electron chi connectivity index (χ4n) is 0.453. The van der Waals surface area contributed by atoms with Gasteiger partial charge in [0.25, 0.3) is 0 Å². The van der Waals surface area contributed by atoms with Crippen molar-refractivity contribution in [3.63, 3.8) is 0 Å². The second-order valence-corrected chi connectivity index (χ2v) is 3.66. The molecule has 3 nitrogen and oxygen atoms in total. The minimum absolute atomic E-state index is 0. The molecule has 61 valence electrons. The molecule has 0 aliphatic carbocycles. The van der Waals surface area contributed by atoms with Gasteiger partial charge in [-0.3, -0.25) is 0 Å². The molecule has 0 saturated heterocycles. The van der Waals surface area contributed by atoms with Crippen molar-refractivity contribution in [1.82, 2.24) is 5.32 Å². The van der Waals surface area contributed by atoms with Crippen molar-refractivity contribution in [2.24, 2.45) is 0 Å². The molecule has 0 rings (SSSR count). The molecule has 0 aromatic carbocycles. The quantitative estimate of drug-likeness (QED) is 0.317.